The van der Waals surface area contributed by atoms with Gasteiger partial charge in [0.05, 0.1) is 24.9 Å². The number of benzene rings is 1. The standard InChI is InChI=1S/C26H31FN6O4S/c1-15-19-20(34)32(26(5,6)23(35)30-25(2,3)4)24(36)31(22(19)38-21(15)33-28-11-12-29-33)13-10-16-14-17(27)8-9-18(16)37-7/h8-9,11-12,14H,10,13H2,1-7H3,(H,30,35). The molecule has 0 bridgehead atoms. The summed E-state index contributed by atoms with van der Waals surface area (Å²) in [6.07, 6.45) is 3.28. The minimum absolute atomic E-state index is 0.109. The second kappa shape index (κ2) is 9.82. The predicted octanol–water partition coefficient (Wildman–Crippen LogP) is 3.15. The number of nitrogens with zero attached hydrogens (tertiary/aromatic N) is 5. The van der Waals surface area contributed by atoms with Crippen LogP contribution >= 0.6 is 11.3 Å². The first-order valence-electron chi connectivity index (χ1n) is 12.1. The molecule has 12 heteroatoms. The van der Waals surface area contributed by atoms with Crippen LogP contribution in [0.4, 0.5) is 4.39 Å². The Kier molecular flexibility index (Phi) is 7.04. The maximum Gasteiger partial charge on any atom is 0.333 e. The number of hydrogen-bond donors (Lipinski definition) is 1. The van der Waals surface area contributed by atoms with Gasteiger partial charge in [-0.3, -0.25) is 14.2 Å². The highest BCUT2D eigenvalue weighted by atomic mass is 32.1. The molecule has 4 aromatic rings. The lowest BCUT2D eigenvalue weighted by Crippen LogP contribution is -2.58. The number of hydrogen-bond acceptors (Lipinski definition) is 7. The van der Waals surface area contributed by atoms with Crippen LogP contribution in [0.1, 0.15) is 45.7 Å². The van der Waals surface area contributed by atoms with E-state index in [0.29, 0.717) is 32.1 Å². The Morgan fingerprint density at radius 3 is 2.39 bits per heavy atom. The summed E-state index contributed by atoms with van der Waals surface area (Å²) in [6, 6.07) is 4.19. The van der Waals surface area contributed by atoms with Crippen molar-refractivity contribution in [1.82, 2.24) is 29.4 Å². The van der Waals surface area contributed by atoms with Crippen LogP contribution in [0.15, 0.2) is 40.2 Å². The molecule has 1 N–H and O–H groups in total. The number of amides is 1. The van der Waals surface area contributed by atoms with Crippen LogP contribution in [0.25, 0.3) is 15.2 Å². The molecule has 0 spiro atoms. The zero-order chi connectivity index (χ0) is 28.0. The van der Waals surface area contributed by atoms with Crippen molar-refractivity contribution in [2.45, 2.75) is 65.6 Å². The Bertz CT molecular complexity index is 1630. The zero-order valence-electron chi connectivity index (χ0n) is 22.5. The van der Waals surface area contributed by atoms with Gasteiger partial charge in [-0.1, -0.05) is 11.3 Å². The third-order valence-electron chi connectivity index (χ3n) is 6.24. The van der Waals surface area contributed by atoms with Crippen LogP contribution in [0.2, 0.25) is 0 Å². The van der Waals surface area contributed by atoms with Crippen LogP contribution in [-0.4, -0.2) is 42.7 Å². The topological polar surface area (TPSA) is 113 Å². The number of aryl methyl sites for hydroxylation is 3. The monoisotopic (exact) mass is 542 g/mol. The van der Waals surface area contributed by atoms with Gasteiger partial charge in [-0.2, -0.15) is 10.2 Å². The quantitative estimate of drug-likeness (QED) is 0.384. The minimum atomic E-state index is -1.51. The highest BCUT2D eigenvalue weighted by Crippen LogP contribution is 2.31. The Labute approximate surface area is 222 Å². The van der Waals surface area contributed by atoms with E-state index in [4.69, 9.17) is 4.74 Å². The van der Waals surface area contributed by atoms with E-state index in [0.717, 1.165) is 4.57 Å². The molecule has 3 aromatic heterocycles. The number of ether oxygens (including phenoxy) is 1. The van der Waals surface area contributed by atoms with Crippen LogP contribution in [0, 0.1) is 12.7 Å². The van der Waals surface area contributed by atoms with Gasteiger partial charge in [0.1, 0.15) is 26.9 Å². The van der Waals surface area contributed by atoms with Crippen LogP contribution in [-0.2, 0) is 23.3 Å². The molecular weight excluding hydrogens is 511 g/mol. The SMILES string of the molecule is COc1ccc(F)cc1CCn1c(=O)n(C(C)(C)C(=O)NC(C)(C)C)c(=O)c2c(C)c(-n3nccn3)sc21. The molecule has 10 nitrogen and oxygen atoms in total. The second-order valence-corrected chi connectivity index (χ2v) is 11.6. The van der Waals surface area contributed by atoms with E-state index in [1.807, 2.05) is 20.8 Å². The van der Waals surface area contributed by atoms with E-state index in [9.17, 15) is 18.8 Å². The van der Waals surface area contributed by atoms with Crippen molar-refractivity contribution in [1.29, 1.82) is 0 Å². The van der Waals surface area contributed by atoms with Crippen molar-refractivity contribution in [3.63, 3.8) is 0 Å². The van der Waals surface area contributed by atoms with Gasteiger partial charge >= 0.3 is 5.69 Å². The van der Waals surface area contributed by atoms with E-state index < -0.39 is 34.1 Å². The molecule has 0 aliphatic heterocycles. The lowest BCUT2D eigenvalue weighted by atomic mass is 10.0. The lowest BCUT2D eigenvalue weighted by Gasteiger charge is -2.31. The summed E-state index contributed by atoms with van der Waals surface area (Å²) in [5.74, 6) is -0.413. The van der Waals surface area contributed by atoms with Crippen molar-refractivity contribution < 1.29 is 13.9 Å². The molecule has 0 saturated heterocycles. The molecule has 202 valence electrons. The number of aromatic nitrogens is 5. The van der Waals surface area contributed by atoms with Gasteiger partial charge < -0.3 is 10.1 Å². The number of carbonyl (C=O) groups is 1. The van der Waals surface area contributed by atoms with E-state index in [-0.39, 0.29) is 13.0 Å². The average molecular weight is 543 g/mol. The molecule has 1 aromatic carbocycles. The number of halogens is 1. The highest BCUT2D eigenvalue weighted by Gasteiger charge is 2.37. The molecule has 0 saturated carbocycles. The molecule has 4 rings (SSSR count). The number of carbonyl (C=O) groups excluding carboxylic acids is 1. The Morgan fingerprint density at radius 1 is 1.13 bits per heavy atom. The van der Waals surface area contributed by atoms with Crippen LogP contribution in [0.5, 0.6) is 5.75 Å². The lowest BCUT2D eigenvalue weighted by molar-refractivity contribution is -0.130. The van der Waals surface area contributed by atoms with Gasteiger partial charge in [0.15, 0.2) is 0 Å². The maximum absolute atomic E-state index is 14.0. The summed E-state index contributed by atoms with van der Waals surface area (Å²) in [7, 11) is 1.49. The number of fused-ring (bicyclic) bond motifs is 1. The van der Waals surface area contributed by atoms with Crippen molar-refractivity contribution in [3.8, 4) is 10.8 Å². The molecule has 0 aliphatic rings. The summed E-state index contributed by atoms with van der Waals surface area (Å²) in [5, 5.41) is 12.1. The maximum atomic E-state index is 14.0. The molecule has 3 heterocycles. The molecule has 0 atom stereocenters. The normalized spacial score (nSPS) is 12.2. The molecule has 0 fully saturated rings. The fraction of sp³-hybridized carbons (Fsp3) is 0.423. The molecule has 38 heavy (non-hydrogen) atoms. The molecule has 0 aliphatic carbocycles. The Morgan fingerprint density at radius 2 is 1.79 bits per heavy atom. The second-order valence-electron chi connectivity index (χ2n) is 10.6. The van der Waals surface area contributed by atoms with Gasteiger partial charge in [0.25, 0.3) is 5.56 Å². The first-order chi connectivity index (χ1) is 17.8. The largest absolute Gasteiger partial charge is 0.496 e. The first kappa shape index (κ1) is 27.2. The Balaban J connectivity index is 1.96. The third kappa shape index (κ3) is 4.87. The molecule has 1 amide bonds. The van der Waals surface area contributed by atoms with E-state index in [1.165, 1.54) is 58.4 Å². The van der Waals surface area contributed by atoms with Gasteiger partial charge in [-0.15, -0.1) is 4.80 Å². The smallest absolute Gasteiger partial charge is 0.333 e. The van der Waals surface area contributed by atoms with Crippen molar-refractivity contribution in [3.05, 3.63) is 68.4 Å². The third-order valence-corrected chi connectivity index (χ3v) is 7.52. The van der Waals surface area contributed by atoms with Gasteiger partial charge in [-0.25, -0.2) is 13.8 Å². The van der Waals surface area contributed by atoms with E-state index in [2.05, 4.69) is 15.5 Å². The molecule has 0 radical (unpaired) electrons. The summed E-state index contributed by atoms with van der Waals surface area (Å²) in [4.78, 5) is 43.0. The molecule has 0 unspecified atom stereocenters. The predicted molar refractivity (Wildman–Crippen MR) is 144 cm³/mol. The number of rotatable bonds is 7. The fourth-order valence-electron chi connectivity index (χ4n) is 4.31. The number of thiophene rings is 1. The Hall–Kier alpha value is -3.80. The van der Waals surface area contributed by atoms with Crippen LogP contribution in [0.3, 0.4) is 0 Å². The summed E-state index contributed by atoms with van der Waals surface area (Å²) >= 11 is 1.20. The summed E-state index contributed by atoms with van der Waals surface area (Å²) in [6.45, 7) is 10.4. The first-order valence-corrected chi connectivity index (χ1v) is 12.9. The highest BCUT2D eigenvalue weighted by molar-refractivity contribution is 7.21. The van der Waals surface area contributed by atoms with E-state index >= 15 is 0 Å². The summed E-state index contributed by atoms with van der Waals surface area (Å²) in [5.41, 5.74) is -2.15. The van der Waals surface area contributed by atoms with Gasteiger partial charge in [0, 0.05) is 17.6 Å². The van der Waals surface area contributed by atoms with Crippen LogP contribution < -0.4 is 21.3 Å². The van der Waals surface area contributed by atoms with Gasteiger partial charge in [-0.05, 0) is 71.7 Å². The van der Waals surface area contributed by atoms with E-state index in [1.54, 1.807) is 20.8 Å². The fourth-order valence-corrected chi connectivity index (χ4v) is 5.54. The number of nitrogens with one attached hydrogen (secondary N) is 1. The summed E-state index contributed by atoms with van der Waals surface area (Å²) < 4.78 is 21.9. The number of methoxy groups -OCH3 is 1. The minimum Gasteiger partial charge on any atom is -0.496 e. The zero-order valence-corrected chi connectivity index (χ0v) is 23.3. The van der Waals surface area contributed by atoms with Crippen molar-refractivity contribution >= 4 is 27.5 Å². The van der Waals surface area contributed by atoms with Crippen molar-refractivity contribution in [2.75, 3.05) is 7.11 Å². The van der Waals surface area contributed by atoms with Crippen molar-refractivity contribution in [2.24, 2.45) is 0 Å². The molecular formula is C26H31FN6O4S. The van der Waals surface area contributed by atoms with Gasteiger partial charge in [0.2, 0.25) is 5.91 Å². The average Bonchev–Trinajstić information content (AvgIpc) is 3.46.